The van der Waals surface area contributed by atoms with Crippen molar-refractivity contribution in [3.05, 3.63) is 78.1 Å². The van der Waals surface area contributed by atoms with E-state index in [-0.39, 0.29) is 6.04 Å². The zero-order valence-electron chi connectivity index (χ0n) is 15.3. The molecule has 0 radical (unpaired) electrons. The average molecular weight is 345 g/mol. The highest BCUT2D eigenvalue weighted by atomic mass is 15.1. The fourth-order valence-corrected chi connectivity index (χ4v) is 3.29. The number of nitrogens with one attached hydrogen (secondary N) is 1. The van der Waals surface area contributed by atoms with E-state index in [2.05, 4.69) is 69.8 Å². The van der Waals surface area contributed by atoms with Crippen LogP contribution in [-0.2, 0) is 13.6 Å². The van der Waals surface area contributed by atoms with Gasteiger partial charge in [0.05, 0.1) is 17.6 Å². The fourth-order valence-electron chi connectivity index (χ4n) is 3.29. The summed E-state index contributed by atoms with van der Waals surface area (Å²) in [4.78, 5) is 9.01. The van der Waals surface area contributed by atoms with Crippen molar-refractivity contribution in [1.82, 2.24) is 24.4 Å². The number of para-hydroxylation sites is 2. The first-order valence-electron chi connectivity index (χ1n) is 8.87. The van der Waals surface area contributed by atoms with Crippen LogP contribution < -0.4 is 5.32 Å². The van der Waals surface area contributed by atoms with E-state index in [9.17, 15) is 0 Å². The number of aryl methyl sites for hydroxylation is 2. The minimum absolute atomic E-state index is 0.243. The van der Waals surface area contributed by atoms with Gasteiger partial charge in [-0.15, -0.1) is 0 Å². The Morgan fingerprint density at radius 2 is 1.85 bits per heavy atom. The standard InChI is InChI=1S/C21H23N5/c1-15(17-8-10-18(11-9-17)26-13-12-22-16(26)2)23-14-21-24-19-6-4-5-7-20(19)25(21)3/h4-13,15,23H,14H2,1-3H3/t15-/m0/s1. The predicted octanol–water partition coefficient (Wildman–Crippen LogP) is 3.92. The van der Waals surface area contributed by atoms with Gasteiger partial charge in [-0.05, 0) is 43.7 Å². The smallest absolute Gasteiger partial charge is 0.123 e. The van der Waals surface area contributed by atoms with Gasteiger partial charge in [0.25, 0.3) is 0 Å². The zero-order chi connectivity index (χ0) is 18.1. The highest BCUT2D eigenvalue weighted by Gasteiger charge is 2.10. The Bertz CT molecular complexity index is 1030. The highest BCUT2D eigenvalue weighted by Crippen LogP contribution is 2.18. The number of rotatable bonds is 5. The van der Waals surface area contributed by atoms with E-state index in [0.717, 1.165) is 34.9 Å². The van der Waals surface area contributed by atoms with Gasteiger partial charge in [0.1, 0.15) is 11.6 Å². The molecule has 0 aliphatic heterocycles. The molecular weight excluding hydrogens is 322 g/mol. The van der Waals surface area contributed by atoms with Crippen LogP contribution in [0.2, 0.25) is 0 Å². The van der Waals surface area contributed by atoms with E-state index in [1.54, 1.807) is 0 Å². The van der Waals surface area contributed by atoms with Crippen molar-refractivity contribution in [2.75, 3.05) is 0 Å². The van der Waals surface area contributed by atoms with Crippen LogP contribution in [0.4, 0.5) is 0 Å². The molecule has 5 heteroatoms. The van der Waals surface area contributed by atoms with Gasteiger partial charge in [-0.1, -0.05) is 24.3 Å². The normalized spacial score (nSPS) is 12.6. The Morgan fingerprint density at radius 3 is 2.54 bits per heavy atom. The van der Waals surface area contributed by atoms with Crippen LogP contribution in [0, 0.1) is 6.92 Å². The number of aromatic nitrogens is 4. The third kappa shape index (κ3) is 3.02. The van der Waals surface area contributed by atoms with Gasteiger partial charge in [-0.2, -0.15) is 0 Å². The van der Waals surface area contributed by atoms with Gasteiger partial charge < -0.3 is 14.5 Å². The van der Waals surface area contributed by atoms with Gasteiger partial charge in [0, 0.05) is 31.2 Å². The first-order chi connectivity index (χ1) is 12.6. The number of fused-ring (bicyclic) bond motifs is 1. The third-order valence-corrected chi connectivity index (χ3v) is 4.94. The maximum absolute atomic E-state index is 4.73. The van der Waals surface area contributed by atoms with Gasteiger partial charge in [-0.3, -0.25) is 0 Å². The number of hydrogen-bond donors (Lipinski definition) is 1. The molecule has 0 amide bonds. The molecule has 1 N–H and O–H groups in total. The third-order valence-electron chi connectivity index (χ3n) is 4.94. The Labute approximate surface area is 153 Å². The second kappa shape index (κ2) is 6.77. The Morgan fingerprint density at radius 1 is 1.08 bits per heavy atom. The summed E-state index contributed by atoms with van der Waals surface area (Å²) in [7, 11) is 2.07. The molecule has 0 saturated heterocycles. The summed E-state index contributed by atoms with van der Waals surface area (Å²) in [5, 5.41) is 3.58. The minimum Gasteiger partial charge on any atom is -0.330 e. The van der Waals surface area contributed by atoms with Crippen molar-refractivity contribution in [1.29, 1.82) is 0 Å². The number of imidazole rings is 2. The van der Waals surface area contributed by atoms with E-state index in [1.165, 1.54) is 5.56 Å². The maximum Gasteiger partial charge on any atom is 0.123 e. The average Bonchev–Trinajstić information content (AvgIpc) is 3.23. The summed E-state index contributed by atoms with van der Waals surface area (Å²) in [5.41, 5.74) is 4.59. The molecule has 0 unspecified atom stereocenters. The van der Waals surface area contributed by atoms with Crippen LogP contribution in [0.3, 0.4) is 0 Å². The number of nitrogens with zero attached hydrogens (tertiary/aromatic N) is 4. The van der Waals surface area contributed by atoms with Crippen molar-refractivity contribution in [2.45, 2.75) is 26.4 Å². The van der Waals surface area contributed by atoms with Crippen LogP contribution in [0.1, 0.15) is 30.2 Å². The van der Waals surface area contributed by atoms with Crippen LogP contribution in [-0.4, -0.2) is 19.1 Å². The van der Waals surface area contributed by atoms with E-state index >= 15 is 0 Å². The molecule has 0 aliphatic rings. The van der Waals surface area contributed by atoms with Crippen LogP contribution in [0.25, 0.3) is 16.7 Å². The molecular formula is C21H23N5. The molecule has 2 aromatic carbocycles. The summed E-state index contributed by atoms with van der Waals surface area (Å²) in [5.74, 6) is 2.04. The summed E-state index contributed by atoms with van der Waals surface area (Å²) >= 11 is 0. The van der Waals surface area contributed by atoms with Crippen molar-refractivity contribution in [3.63, 3.8) is 0 Å². The largest absolute Gasteiger partial charge is 0.330 e. The van der Waals surface area contributed by atoms with Crippen molar-refractivity contribution < 1.29 is 0 Å². The number of benzene rings is 2. The van der Waals surface area contributed by atoms with Crippen LogP contribution in [0.15, 0.2) is 60.9 Å². The summed E-state index contributed by atoms with van der Waals surface area (Å²) in [6.45, 7) is 4.92. The van der Waals surface area contributed by atoms with E-state index in [1.807, 2.05) is 31.5 Å². The molecule has 132 valence electrons. The van der Waals surface area contributed by atoms with Crippen LogP contribution >= 0.6 is 0 Å². The molecule has 0 aliphatic carbocycles. The number of hydrogen-bond acceptors (Lipinski definition) is 3. The SMILES string of the molecule is Cc1nccn1-c1ccc([C@H](C)NCc2nc3ccccc3n2C)cc1. The molecule has 0 fully saturated rings. The molecule has 1 atom stereocenters. The quantitative estimate of drug-likeness (QED) is 0.596. The first-order valence-corrected chi connectivity index (χ1v) is 8.87. The highest BCUT2D eigenvalue weighted by molar-refractivity contribution is 5.75. The van der Waals surface area contributed by atoms with Gasteiger partial charge in [0.15, 0.2) is 0 Å². The van der Waals surface area contributed by atoms with Gasteiger partial charge in [0.2, 0.25) is 0 Å². The molecule has 0 saturated carbocycles. The molecule has 5 nitrogen and oxygen atoms in total. The lowest BCUT2D eigenvalue weighted by Crippen LogP contribution is -2.20. The lowest BCUT2D eigenvalue weighted by Gasteiger charge is -2.15. The molecule has 26 heavy (non-hydrogen) atoms. The van der Waals surface area contributed by atoms with Gasteiger partial charge in [-0.25, -0.2) is 9.97 Å². The summed E-state index contributed by atoms with van der Waals surface area (Å²) in [6, 6.07) is 17.1. The van der Waals surface area contributed by atoms with Crippen LogP contribution in [0.5, 0.6) is 0 Å². The molecule has 2 aromatic heterocycles. The lowest BCUT2D eigenvalue weighted by molar-refractivity contribution is 0.551. The van der Waals surface area contributed by atoms with Crippen molar-refractivity contribution >= 4 is 11.0 Å². The predicted molar refractivity (Wildman–Crippen MR) is 104 cm³/mol. The van der Waals surface area contributed by atoms with E-state index < -0.39 is 0 Å². The molecule has 0 bridgehead atoms. The summed E-state index contributed by atoms with van der Waals surface area (Å²) < 4.78 is 4.24. The molecule has 4 aromatic rings. The van der Waals surface area contributed by atoms with Crippen molar-refractivity contribution in [2.24, 2.45) is 7.05 Å². The Balaban J connectivity index is 1.47. The lowest BCUT2D eigenvalue weighted by atomic mass is 10.1. The molecule has 4 rings (SSSR count). The van der Waals surface area contributed by atoms with E-state index in [4.69, 9.17) is 4.98 Å². The topological polar surface area (TPSA) is 47.7 Å². The monoisotopic (exact) mass is 345 g/mol. The zero-order valence-corrected chi connectivity index (χ0v) is 15.3. The second-order valence-electron chi connectivity index (χ2n) is 6.61. The van der Waals surface area contributed by atoms with Crippen molar-refractivity contribution in [3.8, 4) is 5.69 Å². The Hall–Kier alpha value is -2.92. The van der Waals surface area contributed by atoms with E-state index in [0.29, 0.717) is 0 Å². The molecule has 2 heterocycles. The molecule has 0 spiro atoms. The fraction of sp³-hybridized carbons (Fsp3) is 0.238. The first kappa shape index (κ1) is 16.5. The van der Waals surface area contributed by atoms with Gasteiger partial charge >= 0.3 is 0 Å². The minimum atomic E-state index is 0.243. The second-order valence-corrected chi connectivity index (χ2v) is 6.61. The Kier molecular flexibility index (Phi) is 4.31. The maximum atomic E-state index is 4.73. The summed E-state index contributed by atoms with van der Waals surface area (Å²) in [6.07, 6.45) is 3.81.